The zero-order valence-electron chi connectivity index (χ0n) is 16.5. The van der Waals surface area contributed by atoms with E-state index in [4.69, 9.17) is 14.6 Å². The number of likely N-dealkylation sites (tertiary alicyclic amines) is 2. The van der Waals surface area contributed by atoms with Crippen LogP contribution in [-0.4, -0.2) is 85.3 Å². The quantitative estimate of drug-likeness (QED) is 0.698. The predicted molar refractivity (Wildman–Crippen MR) is 92.5 cm³/mol. The van der Waals surface area contributed by atoms with Crippen LogP contribution in [0, 0.1) is 11.3 Å². The van der Waals surface area contributed by atoms with E-state index >= 15 is 0 Å². The van der Waals surface area contributed by atoms with Crippen LogP contribution in [0.2, 0.25) is 0 Å². The molecule has 2 aliphatic heterocycles. The van der Waals surface area contributed by atoms with Gasteiger partial charge in [-0.1, -0.05) is 0 Å². The fourth-order valence-electron chi connectivity index (χ4n) is 4.41. The van der Waals surface area contributed by atoms with Gasteiger partial charge in [-0.2, -0.15) is 13.2 Å². The second kappa shape index (κ2) is 8.71. The molecule has 1 aliphatic carbocycles. The summed E-state index contributed by atoms with van der Waals surface area (Å²) in [7, 11) is 3.86. The van der Waals surface area contributed by atoms with Crippen molar-refractivity contribution in [2.75, 3.05) is 40.4 Å². The Balaban J connectivity index is 0.000000370. The Bertz CT molecular complexity index is 598. The summed E-state index contributed by atoms with van der Waals surface area (Å²) < 4.78 is 62.9. The molecule has 1 amide bonds. The lowest BCUT2D eigenvalue weighted by molar-refractivity contribution is -0.192. The fraction of sp³-hybridized carbons (Fsp3) is 0.889. The lowest BCUT2D eigenvalue weighted by Crippen LogP contribution is -2.50. The SMILES string of the molecule is COCC1CC2(CCN(C(=O)C3CC(F)(F)C3)CC2)CN1C.O=C(O)C(F)(F)F. The summed E-state index contributed by atoms with van der Waals surface area (Å²) in [6.45, 7) is 3.23. The zero-order valence-corrected chi connectivity index (χ0v) is 16.5. The van der Waals surface area contributed by atoms with Gasteiger partial charge < -0.3 is 19.6 Å². The number of rotatable bonds is 3. The summed E-state index contributed by atoms with van der Waals surface area (Å²) in [5.41, 5.74) is 0.276. The van der Waals surface area contributed by atoms with Crippen LogP contribution in [0.15, 0.2) is 0 Å². The molecule has 2 saturated heterocycles. The van der Waals surface area contributed by atoms with Gasteiger partial charge in [0, 0.05) is 51.5 Å². The minimum absolute atomic E-state index is 0.0550. The van der Waals surface area contributed by atoms with Crippen molar-refractivity contribution >= 4 is 11.9 Å². The first-order valence-corrected chi connectivity index (χ1v) is 9.44. The number of likely N-dealkylation sites (N-methyl/N-ethyl adjacent to an activating group) is 1. The summed E-state index contributed by atoms with van der Waals surface area (Å²) in [5.74, 6) is -5.87. The maximum atomic E-state index is 12.9. The molecule has 1 saturated carbocycles. The number of piperidine rings is 1. The van der Waals surface area contributed by atoms with E-state index in [1.165, 1.54) is 0 Å². The van der Waals surface area contributed by atoms with Crippen LogP contribution in [-0.2, 0) is 14.3 Å². The lowest BCUT2D eigenvalue weighted by Gasteiger charge is -2.43. The van der Waals surface area contributed by atoms with Gasteiger partial charge in [0.05, 0.1) is 6.61 Å². The third-order valence-corrected chi connectivity index (χ3v) is 6.05. The van der Waals surface area contributed by atoms with Crippen LogP contribution in [0.25, 0.3) is 0 Å². The molecular weight excluding hydrogens is 403 g/mol. The number of amides is 1. The van der Waals surface area contributed by atoms with Crippen LogP contribution in [0.1, 0.15) is 32.1 Å². The number of carboxylic acid groups (broad SMARTS) is 1. The molecule has 1 unspecified atom stereocenters. The third-order valence-electron chi connectivity index (χ3n) is 6.05. The minimum Gasteiger partial charge on any atom is -0.475 e. The van der Waals surface area contributed by atoms with Gasteiger partial charge >= 0.3 is 12.1 Å². The smallest absolute Gasteiger partial charge is 0.475 e. The summed E-state index contributed by atoms with van der Waals surface area (Å²) in [6, 6.07) is 0.456. The number of carboxylic acids is 1. The Labute approximate surface area is 166 Å². The highest BCUT2D eigenvalue weighted by Crippen LogP contribution is 2.46. The van der Waals surface area contributed by atoms with Gasteiger partial charge in [-0.25, -0.2) is 13.6 Å². The van der Waals surface area contributed by atoms with Crippen molar-refractivity contribution in [2.45, 2.75) is 50.2 Å². The number of hydrogen-bond acceptors (Lipinski definition) is 4. The Morgan fingerprint density at radius 1 is 1.14 bits per heavy atom. The molecule has 168 valence electrons. The van der Waals surface area contributed by atoms with Gasteiger partial charge in [0.2, 0.25) is 11.8 Å². The Hall–Kier alpha value is -1.49. The van der Waals surface area contributed by atoms with Crippen molar-refractivity contribution in [3.8, 4) is 0 Å². The number of carbonyl (C=O) groups is 2. The van der Waals surface area contributed by atoms with E-state index in [0.717, 1.165) is 32.4 Å². The average Bonchev–Trinajstić information content (AvgIpc) is 2.88. The molecule has 11 heteroatoms. The highest BCUT2D eigenvalue weighted by molar-refractivity contribution is 5.80. The van der Waals surface area contributed by atoms with E-state index in [1.807, 2.05) is 4.90 Å². The van der Waals surface area contributed by atoms with Gasteiger partial charge in [-0.15, -0.1) is 0 Å². The number of alkyl halides is 5. The first kappa shape index (κ1) is 23.8. The van der Waals surface area contributed by atoms with E-state index in [1.54, 1.807) is 7.11 Å². The molecule has 0 aromatic carbocycles. The topological polar surface area (TPSA) is 70.1 Å². The first-order chi connectivity index (χ1) is 13.3. The molecule has 29 heavy (non-hydrogen) atoms. The summed E-state index contributed by atoms with van der Waals surface area (Å²) >= 11 is 0. The average molecular weight is 430 g/mol. The number of methoxy groups -OCH3 is 1. The number of nitrogens with zero attached hydrogens (tertiary/aromatic N) is 2. The minimum atomic E-state index is -5.08. The maximum absolute atomic E-state index is 12.9. The highest BCUT2D eigenvalue weighted by atomic mass is 19.4. The molecule has 3 fully saturated rings. The Morgan fingerprint density at radius 2 is 1.66 bits per heavy atom. The number of aliphatic carboxylic acids is 1. The second-order valence-corrected chi connectivity index (χ2v) is 8.32. The van der Waals surface area contributed by atoms with Crippen molar-refractivity contribution in [3.05, 3.63) is 0 Å². The standard InChI is InChI=1S/C16H26F2N2O2.C2HF3O2/c1-19-11-15(9-13(19)10-22-2)3-5-20(6-4-15)14(21)12-7-16(17,18)8-12;3-2(4,5)1(6)7/h12-13H,3-11H2,1-2H3;(H,6,7). The molecule has 1 spiro atoms. The highest BCUT2D eigenvalue weighted by Gasteiger charge is 2.51. The van der Waals surface area contributed by atoms with Crippen molar-refractivity contribution in [1.82, 2.24) is 9.80 Å². The van der Waals surface area contributed by atoms with Gasteiger partial charge in [-0.05, 0) is 31.7 Å². The molecule has 0 aromatic rings. The molecule has 1 atom stereocenters. The Morgan fingerprint density at radius 3 is 2.07 bits per heavy atom. The van der Waals surface area contributed by atoms with E-state index in [-0.39, 0.29) is 24.2 Å². The van der Waals surface area contributed by atoms with Gasteiger partial charge in [0.1, 0.15) is 0 Å². The van der Waals surface area contributed by atoms with E-state index in [0.29, 0.717) is 19.1 Å². The maximum Gasteiger partial charge on any atom is 0.490 e. The van der Waals surface area contributed by atoms with Crippen LogP contribution >= 0.6 is 0 Å². The normalized spacial score (nSPS) is 26.6. The van der Waals surface area contributed by atoms with Gasteiger partial charge in [0.15, 0.2) is 0 Å². The van der Waals surface area contributed by atoms with Crippen molar-refractivity contribution < 1.29 is 41.4 Å². The molecule has 6 nitrogen and oxygen atoms in total. The summed E-state index contributed by atoms with van der Waals surface area (Å²) in [4.78, 5) is 25.3. The monoisotopic (exact) mass is 430 g/mol. The molecule has 0 aromatic heterocycles. The summed E-state index contributed by atoms with van der Waals surface area (Å²) in [6.07, 6.45) is -2.53. The molecule has 3 aliphatic rings. The molecular formula is C18H27F5N2O4. The number of carbonyl (C=O) groups excluding carboxylic acids is 1. The summed E-state index contributed by atoms with van der Waals surface area (Å²) in [5, 5.41) is 7.12. The van der Waals surface area contributed by atoms with E-state index < -0.39 is 24.0 Å². The first-order valence-electron chi connectivity index (χ1n) is 9.44. The fourth-order valence-corrected chi connectivity index (χ4v) is 4.41. The van der Waals surface area contributed by atoms with Gasteiger partial charge in [-0.3, -0.25) is 4.79 Å². The van der Waals surface area contributed by atoms with E-state index in [2.05, 4.69) is 11.9 Å². The molecule has 1 N–H and O–H groups in total. The largest absolute Gasteiger partial charge is 0.490 e. The second-order valence-electron chi connectivity index (χ2n) is 8.32. The van der Waals surface area contributed by atoms with Crippen LogP contribution in [0.5, 0.6) is 0 Å². The molecule has 0 bridgehead atoms. The third kappa shape index (κ3) is 6.00. The van der Waals surface area contributed by atoms with Crippen molar-refractivity contribution in [3.63, 3.8) is 0 Å². The molecule has 3 rings (SSSR count). The van der Waals surface area contributed by atoms with Crippen LogP contribution < -0.4 is 0 Å². The van der Waals surface area contributed by atoms with E-state index in [9.17, 15) is 26.7 Å². The Kier molecular flexibility index (Phi) is 7.14. The van der Waals surface area contributed by atoms with Crippen LogP contribution in [0.3, 0.4) is 0 Å². The van der Waals surface area contributed by atoms with Crippen molar-refractivity contribution in [2.24, 2.45) is 11.3 Å². The number of halogens is 5. The number of hydrogen-bond donors (Lipinski definition) is 1. The zero-order chi connectivity index (χ0) is 22.0. The van der Waals surface area contributed by atoms with Crippen molar-refractivity contribution in [1.29, 1.82) is 0 Å². The predicted octanol–water partition coefficient (Wildman–Crippen LogP) is 2.62. The number of ether oxygens (including phenoxy) is 1. The van der Waals surface area contributed by atoms with Crippen LogP contribution in [0.4, 0.5) is 22.0 Å². The lowest BCUT2D eigenvalue weighted by atomic mass is 9.75. The molecule has 0 radical (unpaired) electrons. The van der Waals surface area contributed by atoms with Gasteiger partial charge in [0.25, 0.3) is 0 Å². The molecule has 2 heterocycles.